The first kappa shape index (κ1) is 18.5. The van der Waals surface area contributed by atoms with Gasteiger partial charge in [-0.3, -0.25) is 4.79 Å². The number of aromatic nitrogens is 3. The van der Waals surface area contributed by atoms with Gasteiger partial charge in [0, 0.05) is 18.4 Å². The number of pyridine rings is 1. The highest BCUT2D eigenvalue weighted by Gasteiger charge is 2.13. The average molecular weight is 391 g/mol. The van der Waals surface area contributed by atoms with Crippen LogP contribution in [0.25, 0.3) is 16.7 Å². The molecular formula is C22H22N4OS. The summed E-state index contributed by atoms with van der Waals surface area (Å²) in [7, 11) is 0. The number of hydrogen-bond acceptors (Lipinski definition) is 4. The molecule has 142 valence electrons. The van der Waals surface area contributed by atoms with E-state index in [2.05, 4.69) is 38.7 Å². The fourth-order valence-electron chi connectivity index (χ4n) is 3.24. The lowest BCUT2D eigenvalue weighted by molar-refractivity contribution is -0.119. The van der Waals surface area contributed by atoms with Crippen LogP contribution in [-0.4, -0.2) is 32.1 Å². The molecule has 0 aliphatic rings. The predicted molar refractivity (Wildman–Crippen MR) is 114 cm³/mol. The zero-order valence-electron chi connectivity index (χ0n) is 15.7. The normalized spacial score (nSPS) is 12.3. The third-order valence-electron chi connectivity index (χ3n) is 4.66. The Morgan fingerprint density at radius 2 is 1.93 bits per heavy atom. The van der Waals surface area contributed by atoms with Gasteiger partial charge in [-0.05, 0) is 49.6 Å². The zero-order valence-corrected chi connectivity index (χ0v) is 16.5. The second-order valence-corrected chi connectivity index (χ2v) is 7.77. The molecule has 0 radical (unpaired) electrons. The fourth-order valence-corrected chi connectivity index (χ4v) is 4.05. The number of thioether (sulfide) groups is 1. The van der Waals surface area contributed by atoms with Gasteiger partial charge in [-0.2, -0.15) is 0 Å². The second kappa shape index (κ2) is 8.44. The highest BCUT2D eigenvalue weighted by molar-refractivity contribution is 8.00. The highest BCUT2D eigenvalue weighted by Crippen LogP contribution is 2.25. The summed E-state index contributed by atoms with van der Waals surface area (Å²) in [6.07, 6.45) is 5.61. The lowest BCUT2D eigenvalue weighted by Crippen LogP contribution is -2.34. The maximum Gasteiger partial charge on any atom is 0.230 e. The van der Waals surface area contributed by atoms with Crippen LogP contribution in [0.2, 0.25) is 0 Å². The maximum absolute atomic E-state index is 12.4. The Labute approximate surface area is 168 Å². The van der Waals surface area contributed by atoms with Crippen molar-refractivity contribution in [3.63, 3.8) is 0 Å². The van der Waals surface area contributed by atoms with Crippen molar-refractivity contribution in [2.24, 2.45) is 0 Å². The van der Waals surface area contributed by atoms with Gasteiger partial charge in [0.1, 0.15) is 5.03 Å². The van der Waals surface area contributed by atoms with Crippen LogP contribution >= 0.6 is 11.8 Å². The molecule has 28 heavy (non-hydrogen) atoms. The molecule has 0 fully saturated rings. The largest absolute Gasteiger partial charge is 0.353 e. The van der Waals surface area contributed by atoms with Gasteiger partial charge in [0.15, 0.2) is 5.65 Å². The summed E-state index contributed by atoms with van der Waals surface area (Å²) >= 11 is 1.45. The van der Waals surface area contributed by atoms with E-state index >= 15 is 0 Å². The molecule has 3 heterocycles. The number of nitrogens with zero attached hydrogens (tertiary/aromatic N) is 3. The first-order chi connectivity index (χ1) is 13.7. The summed E-state index contributed by atoms with van der Waals surface area (Å²) in [5.41, 5.74) is 3.94. The van der Waals surface area contributed by atoms with Crippen molar-refractivity contribution in [2.45, 2.75) is 30.8 Å². The number of rotatable bonds is 7. The van der Waals surface area contributed by atoms with E-state index in [0.717, 1.165) is 28.9 Å². The molecule has 4 aromatic rings. The summed E-state index contributed by atoms with van der Waals surface area (Å²) in [5.74, 6) is 0.361. The van der Waals surface area contributed by atoms with Crippen molar-refractivity contribution in [1.29, 1.82) is 0 Å². The number of nitrogens with one attached hydrogen (secondary N) is 1. The lowest BCUT2D eigenvalue weighted by Gasteiger charge is -2.14. The van der Waals surface area contributed by atoms with Gasteiger partial charge >= 0.3 is 0 Å². The Bertz CT molecular complexity index is 1090. The maximum atomic E-state index is 12.4. The Morgan fingerprint density at radius 1 is 1.11 bits per heavy atom. The van der Waals surface area contributed by atoms with E-state index in [1.165, 1.54) is 17.3 Å². The molecule has 0 aliphatic heterocycles. The van der Waals surface area contributed by atoms with Crippen LogP contribution in [0, 0.1) is 0 Å². The van der Waals surface area contributed by atoms with Crippen LogP contribution in [0.3, 0.4) is 0 Å². The van der Waals surface area contributed by atoms with E-state index in [1.54, 1.807) is 6.20 Å². The van der Waals surface area contributed by atoms with Crippen LogP contribution in [0.5, 0.6) is 0 Å². The number of benzene rings is 1. The number of aryl methyl sites for hydroxylation is 1. The van der Waals surface area contributed by atoms with E-state index in [4.69, 9.17) is 0 Å². The molecule has 4 rings (SSSR count). The minimum atomic E-state index is 0.0261. The Balaban J connectivity index is 1.37. The summed E-state index contributed by atoms with van der Waals surface area (Å²) in [4.78, 5) is 21.4. The number of hydrogen-bond donors (Lipinski definition) is 1. The molecule has 1 atom stereocenters. The molecule has 3 aromatic heterocycles. The van der Waals surface area contributed by atoms with Gasteiger partial charge in [0.25, 0.3) is 0 Å². The fraction of sp³-hybridized carbons (Fsp3) is 0.227. The number of amides is 1. The molecule has 6 heteroatoms. The lowest BCUT2D eigenvalue weighted by atomic mass is 10.1. The van der Waals surface area contributed by atoms with Crippen molar-refractivity contribution >= 4 is 34.3 Å². The molecular weight excluding hydrogens is 368 g/mol. The van der Waals surface area contributed by atoms with Gasteiger partial charge in [0.05, 0.1) is 16.8 Å². The van der Waals surface area contributed by atoms with Crippen molar-refractivity contribution in [2.75, 3.05) is 5.75 Å². The standard InChI is InChI=1S/C22H22N4OS/c1-16(11-12-17-7-3-2-4-8-17)24-20(27)15-28-22-19-10-6-14-26(19)18-9-5-13-23-21(18)25-22/h2-10,13-14,16H,11-12,15H2,1H3,(H,24,27)/t16-/m0/s1. The van der Waals surface area contributed by atoms with E-state index in [0.29, 0.717) is 11.4 Å². The van der Waals surface area contributed by atoms with Crippen LogP contribution in [0.15, 0.2) is 72.0 Å². The van der Waals surface area contributed by atoms with Crippen molar-refractivity contribution in [3.05, 3.63) is 72.6 Å². The summed E-state index contributed by atoms with van der Waals surface area (Å²) in [6.45, 7) is 2.05. The molecule has 1 amide bonds. The molecule has 0 saturated carbocycles. The van der Waals surface area contributed by atoms with Crippen molar-refractivity contribution in [3.8, 4) is 0 Å². The Kier molecular flexibility index (Phi) is 5.58. The SMILES string of the molecule is C[C@@H](CCc1ccccc1)NC(=O)CSc1nc2ncccc2n2cccc12. The first-order valence-electron chi connectivity index (χ1n) is 9.38. The van der Waals surface area contributed by atoms with Gasteiger partial charge in [-0.15, -0.1) is 0 Å². The molecule has 0 bridgehead atoms. The quantitative estimate of drug-likeness (QED) is 0.483. The molecule has 1 aromatic carbocycles. The van der Waals surface area contributed by atoms with E-state index in [9.17, 15) is 4.79 Å². The topological polar surface area (TPSA) is 59.3 Å². The molecule has 0 unspecified atom stereocenters. The van der Waals surface area contributed by atoms with E-state index in [1.807, 2.05) is 48.7 Å². The van der Waals surface area contributed by atoms with Gasteiger partial charge < -0.3 is 9.72 Å². The van der Waals surface area contributed by atoms with Gasteiger partial charge in [-0.1, -0.05) is 42.1 Å². The van der Waals surface area contributed by atoms with Crippen LogP contribution in [0.4, 0.5) is 0 Å². The van der Waals surface area contributed by atoms with Gasteiger partial charge in [0.2, 0.25) is 5.91 Å². The van der Waals surface area contributed by atoms with Crippen molar-refractivity contribution < 1.29 is 4.79 Å². The summed E-state index contributed by atoms with van der Waals surface area (Å²) in [5, 5.41) is 3.91. The van der Waals surface area contributed by atoms with Crippen molar-refractivity contribution in [1.82, 2.24) is 19.7 Å². The first-order valence-corrected chi connectivity index (χ1v) is 10.4. The van der Waals surface area contributed by atoms with E-state index < -0.39 is 0 Å². The Hall–Kier alpha value is -2.86. The molecule has 0 spiro atoms. The predicted octanol–water partition coefficient (Wildman–Crippen LogP) is 4.11. The summed E-state index contributed by atoms with van der Waals surface area (Å²) < 4.78 is 2.07. The monoisotopic (exact) mass is 390 g/mol. The zero-order chi connectivity index (χ0) is 19.3. The molecule has 0 aliphatic carbocycles. The highest BCUT2D eigenvalue weighted by atomic mass is 32.2. The number of fused-ring (bicyclic) bond motifs is 3. The Morgan fingerprint density at radius 3 is 2.79 bits per heavy atom. The second-order valence-electron chi connectivity index (χ2n) is 6.81. The van der Waals surface area contributed by atoms with Crippen LogP contribution in [-0.2, 0) is 11.2 Å². The minimum absolute atomic E-state index is 0.0261. The summed E-state index contributed by atoms with van der Waals surface area (Å²) in [6, 6.07) is 18.4. The third-order valence-corrected chi connectivity index (χ3v) is 5.64. The third kappa shape index (κ3) is 4.17. The molecule has 0 saturated heterocycles. The molecule has 5 nitrogen and oxygen atoms in total. The van der Waals surface area contributed by atoms with Crippen LogP contribution < -0.4 is 5.32 Å². The van der Waals surface area contributed by atoms with Crippen LogP contribution in [0.1, 0.15) is 18.9 Å². The molecule has 1 N–H and O–H groups in total. The average Bonchev–Trinajstić information content (AvgIpc) is 3.22. The smallest absolute Gasteiger partial charge is 0.230 e. The minimum Gasteiger partial charge on any atom is -0.353 e. The number of carbonyl (C=O) groups excluding carboxylic acids is 1. The number of carbonyl (C=O) groups is 1. The van der Waals surface area contributed by atoms with E-state index in [-0.39, 0.29) is 11.9 Å². The van der Waals surface area contributed by atoms with Gasteiger partial charge in [-0.25, -0.2) is 9.97 Å².